The van der Waals surface area contributed by atoms with E-state index >= 15 is 0 Å². The molecule has 6 nitrogen and oxygen atoms in total. The third-order valence-electron chi connectivity index (χ3n) is 3.26. The van der Waals surface area contributed by atoms with Crippen molar-refractivity contribution in [1.82, 2.24) is 9.97 Å². The van der Waals surface area contributed by atoms with Crippen molar-refractivity contribution in [3.8, 4) is 21.1 Å². The molecule has 0 spiro atoms. The number of nitrogens with two attached hydrogens (primary N) is 2. The molecule has 6 N–H and O–H groups in total. The number of hydrogen-bond donors (Lipinski definition) is 4. The number of thiophene rings is 1. The maximum atomic E-state index is 7.38. The van der Waals surface area contributed by atoms with E-state index in [1.807, 2.05) is 24.3 Å². The maximum absolute atomic E-state index is 7.38. The molecule has 0 aromatic carbocycles. The van der Waals surface area contributed by atoms with Gasteiger partial charge in [-0.2, -0.15) is 0 Å². The summed E-state index contributed by atoms with van der Waals surface area (Å²) in [6.45, 7) is 0. The van der Waals surface area contributed by atoms with Gasteiger partial charge >= 0.3 is 0 Å². The zero-order chi connectivity index (χ0) is 16.4. The summed E-state index contributed by atoms with van der Waals surface area (Å²) in [7, 11) is 0. The van der Waals surface area contributed by atoms with Crippen LogP contribution in [0.25, 0.3) is 21.1 Å². The minimum atomic E-state index is 0. The van der Waals surface area contributed by atoms with E-state index in [4.69, 9.17) is 22.3 Å². The van der Waals surface area contributed by atoms with E-state index in [1.54, 1.807) is 35.9 Å². The molecular weight excluding hydrogens is 379 g/mol. The minimum Gasteiger partial charge on any atom is -0.384 e. The highest BCUT2D eigenvalue weighted by Crippen LogP contribution is 2.32. The minimum absolute atomic E-state index is 0. The fourth-order valence-electron chi connectivity index (χ4n) is 2.01. The van der Waals surface area contributed by atoms with Gasteiger partial charge in [0.1, 0.15) is 11.7 Å². The third-order valence-corrected chi connectivity index (χ3v) is 4.39. The zero-order valence-electron chi connectivity index (χ0n) is 12.9. The molecule has 0 amide bonds. The first-order chi connectivity index (χ1) is 11.0. The van der Waals surface area contributed by atoms with Crippen LogP contribution in [-0.4, -0.2) is 21.6 Å². The number of amidine groups is 2. The summed E-state index contributed by atoms with van der Waals surface area (Å²) in [5.41, 5.74) is 13.7. The third kappa shape index (κ3) is 4.54. The average Bonchev–Trinajstić information content (AvgIpc) is 3.05. The molecule has 0 bridgehead atoms. The number of nitrogen functional groups attached to an aromatic ring is 2. The lowest BCUT2D eigenvalue weighted by molar-refractivity contribution is 1.30. The molecule has 0 saturated heterocycles. The van der Waals surface area contributed by atoms with Gasteiger partial charge in [0.05, 0.1) is 21.1 Å². The van der Waals surface area contributed by atoms with Crippen LogP contribution in [0.15, 0.2) is 48.8 Å². The van der Waals surface area contributed by atoms with E-state index in [1.165, 1.54) is 0 Å². The summed E-state index contributed by atoms with van der Waals surface area (Å²) in [6.07, 6.45) is 3.19. The van der Waals surface area contributed by atoms with Crippen LogP contribution < -0.4 is 11.5 Å². The summed E-state index contributed by atoms with van der Waals surface area (Å²) in [5, 5.41) is 14.8. The maximum Gasteiger partial charge on any atom is 0.124 e. The van der Waals surface area contributed by atoms with Crippen LogP contribution in [0.1, 0.15) is 11.1 Å². The molecule has 130 valence electrons. The molecule has 0 aliphatic rings. The Morgan fingerprint density at radius 3 is 1.40 bits per heavy atom. The molecule has 3 rings (SSSR count). The highest BCUT2D eigenvalue weighted by atomic mass is 35.5. The van der Waals surface area contributed by atoms with Gasteiger partial charge in [-0.15, -0.1) is 36.2 Å². The Morgan fingerprint density at radius 2 is 1.12 bits per heavy atom. The Morgan fingerprint density at radius 1 is 0.720 bits per heavy atom. The molecule has 0 unspecified atom stereocenters. The highest BCUT2D eigenvalue weighted by Gasteiger charge is 2.08. The number of nitrogens with one attached hydrogen (secondary N) is 2. The Hall–Kier alpha value is -2.48. The van der Waals surface area contributed by atoms with Crippen LogP contribution in [0, 0.1) is 10.8 Å². The molecule has 0 fully saturated rings. The standard InChI is InChI=1S/C16H14N6S.2ClH/c17-15(18)9-1-3-11(21-7-9)13-5-6-14(23-13)12-4-2-10(8-22-12)16(19)20;;/h1-8H,(H3,17,18)(H3,19,20);2*1H. The van der Waals surface area contributed by atoms with Crippen LogP contribution in [0.4, 0.5) is 0 Å². The van der Waals surface area contributed by atoms with Gasteiger partial charge in [0.15, 0.2) is 0 Å². The number of pyridine rings is 2. The number of rotatable bonds is 4. The van der Waals surface area contributed by atoms with Crippen molar-refractivity contribution in [2.45, 2.75) is 0 Å². The van der Waals surface area contributed by atoms with Crippen molar-refractivity contribution in [2.24, 2.45) is 11.5 Å². The van der Waals surface area contributed by atoms with Crippen molar-refractivity contribution >= 4 is 47.8 Å². The lowest BCUT2D eigenvalue weighted by atomic mass is 10.2. The quantitative estimate of drug-likeness (QED) is 0.399. The Bertz CT molecular complexity index is 802. The van der Waals surface area contributed by atoms with Gasteiger partial charge in [-0.25, -0.2) is 0 Å². The van der Waals surface area contributed by atoms with E-state index in [0.29, 0.717) is 11.1 Å². The molecule has 25 heavy (non-hydrogen) atoms. The molecule has 0 aliphatic carbocycles. The van der Waals surface area contributed by atoms with Crippen molar-refractivity contribution in [3.05, 3.63) is 59.9 Å². The summed E-state index contributed by atoms with van der Waals surface area (Å²) in [4.78, 5) is 10.7. The first-order valence-electron chi connectivity index (χ1n) is 6.76. The predicted molar refractivity (Wildman–Crippen MR) is 107 cm³/mol. The van der Waals surface area contributed by atoms with E-state index in [9.17, 15) is 0 Å². The van der Waals surface area contributed by atoms with Crippen molar-refractivity contribution in [2.75, 3.05) is 0 Å². The van der Waals surface area contributed by atoms with Crippen LogP contribution in [0.5, 0.6) is 0 Å². The number of hydrogen-bond acceptors (Lipinski definition) is 5. The molecule has 0 aliphatic heterocycles. The fourth-order valence-corrected chi connectivity index (χ4v) is 2.97. The largest absolute Gasteiger partial charge is 0.384 e. The van der Waals surface area contributed by atoms with Gasteiger partial charge in [-0.05, 0) is 36.4 Å². The molecular formula is C16H16Cl2N6S. The monoisotopic (exact) mass is 394 g/mol. The zero-order valence-corrected chi connectivity index (χ0v) is 15.3. The van der Waals surface area contributed by atoms with Gasteiger partial charge in [0, 0.05) is 23.5 Å². The van der Waals surface area contributed by atoms with Gasteiger partial charge in [0.25, 0.3) is 0 Å². The number of nitrogens with zero attached hydrogens (tertiary/aromatic N) is 2. The van der Waals surface area contributed by atoms with E-state index in [-0.39, 0.29) is 36.5 Å². The smallest absolute Gasteiger partial charge is 0.124 e. The Labute approximate surface area is 161 Å². The number of aromatic nitrogens is 2. The van der Waals surface area contributed by atoms with Crippen molar-refractivity contribution in [3.63, 3.8) is 0 Å². The van der Waals surface area contributed by atoms with Gasteiger partial charge in [-0.3, -0.25) is 20.8 Å². The van der Waals surface area contributed by atoms with Crippen LogP contribution >= 0.6 is 36.2 Å². The van der Waals surface area contributed by atoms with Crippen molar-refractivity contribution in [1.29, 1.82) is 10.8 Å². The van der Waals surface area contributed by atoms with E-state index < -0.39 is 0 Å². The fraction of sp³-hybridized carbons (Fsp3) is 0. The lowest BCUT2D eigenvalue weighted by Crippen LogP contribution is -2.11. The summed E-state index contributed by atoms with van der Waals surface area (Å²) < 4.78 is 0. The second kappa shape index (κ2) is 8.57. The molecule has 9 heteroatoms. The Balaban J connectivity index is 0.00000156. The van der Waals surface area contributed by atoms with Gasteiger partial charge < -0.3 is 11.5 Å². The molecule has 3 aromatic rings. The molecule has 3 aromatic heterocycles. The highest BCUT2D eigenvalue weighted by molar-refractivity contribution is 7.18. The normalized spacial score (nSPS) is 9.60. The molecule has 0 saturated carbocycles. The van der Waals surface area contributed by atoms with Gasteiger partial charge in [-0.1, -0.05) is 0 Å². The van der Waals surface area contributed by atoms with Crippen LogP contribution in [-0.2, 0) is 0 Å². The topological polar surface area (TPSA) is 126 Å². The van der Waals surface area contributed by atoms with E-state index in [2.05, 4.69) is 9.97 Å². The first-order valence-corrected chi connectivity index (χ1v) is 7.58. The SMILES string of the molecule is Cl.Cl.N=C(N)c1ccc(-c2ccc(-c3ccc(C(=N)N)cn3)s2)nc1. The van der Waals surface area contributed by atoms with Crippen LogP contribution in [0.2, 0.25) is 0 Å². The Kier molecular flexibility index (Phi) is 7.05. The lowest BCUT2D eigenvalue weighted by Gasteiger charge is -2.01. The first kappa shape index (κ1) is 20.6. The molecule has 0 atom stereocenters. The number of halogens is 2. The van der Waals surface area contributed by atoms with Crippen molar-refractivity contribution < 1.29 is 0 Å². The summed E-state index contributed by atoms with van der Waals surface area (Å²) >= 11 is 1.57. The summed E-state index contributed by atoms with van der Waals surface area (Å²) in [5.74, 6) is 0.0105. The van der Waals surface area contributed by atoms with Gasteiger partial charge in [0.2, 0.25) is 0 Å². The van der Waals surface area contributed by atoms with E-state index in [0.717, 1.165) is 21.1 Å². The van der Waals surface area contributed by atoms with Crippen LogP contribution in [0.3, 0.4) is 0 Å². The average molecular weight is 395 g/mol. The second-order valence-corrected chi connectivity index (χ2v) is 5.94. The second-order valence-electron chi connectivity index (χ2n) is 4.86. The predicted octanol–water partition coefficient (Wildman–Crippen LogP) is 3.28. The molecule has 0 radical (unpaired) electrons. The summed E-state index contributed by atoms with van der Waals surface area (Å²) in [6, 6.07) is 11.2. The molecule has 3 heterocycles.